The van der Waals surface area contributed by atoms with Gasteiger partial charge in [-0.3, -0.25) is 0 Å². The molecule has 0 aromatic heterocycles. The molecule has 2 aromatic carbocycles. The van der Waals surface area contributed by atoms with Gasteiger partial charge in [0.1, 0.15) is 0 Å². The highest BCUT2D eigenvalue weighted by Crippen LogP contribution is 2.43. The van der Waals surface area contributed by atoms with Crippen LogP contribution in [-0.4, -0.2) is 12.6 Å². The largest absolute Gasteiger partial charge is 0.463 e. The average molecular weight is 289 g/mol. The van der Waals surface area contributed by atoms with E-state index in [1.807, 2.05) is 48.5 Å². The Morgan fingerprint density at radius 1 is 1.18 bits per heavy atom. The topological polar surface area (TPSA) is 50.1 Å². The van der Waals surface area contributed by atoms with Crippen molar-refractivity contribution in [2.75, 3.05) is 6.61 Å². The van der Waals surface area contributed by atoms with Crippen LogP contribution in [0.1, 0.15) is 35.1 Å². The van der Waals surface area contributed by atoms with Crippen molar-refractivity contribution >= 4 is 12.0 Å². The molecule has 2 aromatic rings. The second kappa shape index (κ2) is 5.87. The van der Waals surface area contributed by atoms with Gasteiger partial charge >= 0.3 is 5.97 Å². The number of fused-ring (bicyclic) bond motifs is 1. The zero-order chi connectivity index (χ0) is 15.5. The molecule has 0 spiro atoms. The molecule has 3 rings (SSSR count). The molecule has 0 saturated heterocycles. The van der Waals surface area contributed by atoms with E-state index < -0.39 is 0 Å². The Morgan fingerprint density at radius 3 is 2.64 bits per heavy atom. The Bertz CT molecular complexity index is 785. The number of benzene rings is 2. The molecule has 0 bridgehead atoms. The zero-order valence-electron chi connectivity index (χ0n) is 12.2. The first-order chi connectivity index (χ1) is 10.8. The molecule has 0 fully saturated rings. The van der Waals surface area contributed by atoms with Gasteiger partial charge in [-0.05, 0) is 35.8 Å². The van der Waals surface area contributed by atoms with Crippen molar-refractivity contribution in [3.8, 4) is 6.07 Å². The number of esters is 1. The molecule has 0 N–H and O–H groups in total. The lowest BCUT2D eigenvalue weighted by Crippen LogP contribution is -2.14. The molecule has 1 unspecified atom stereocenters. The molecular formula is C19H15NO2. The minimum absolute atomic E-state index is 0.244. The Balaban J connectivity index is 2.17. The maximum Gasteiger partial charge on any atom is 0.334 e. The van der Waals surface area contributed by atoms with Gasteiger partial charge in [0.05, 0.1) is 18.2 Å². The van der Waals surface area contributed by atoms with Gasteiger partial charge in [-0.25, -0.2) is 4.79 Å². The predicted octanol–water partition coefficient (Wildman–Crippen LogP) is 3.65. The summed E-state index contributed by atoms with van der Waals surface area (Å²) < 4.78 is 5.19. The molecule has 0 amide bonds. The van der Waals surface area contributed by atoms with Crippen molar-refractivity contribution in [1.82, 2.24) is 0 Å². The fourth-order valence-corrected chi connectivity index (χ4v) is 2.92. The summed E-state index contributed by atoms with van der Waals surface area (Å²) in [4.78, 5) is 12.3. The minimum atomic E-state index is -0.323. The average Bonchev–Trinajstić information content (AvgIpc) is 2.95. The van der Waals surface area contributed by atoms with E-state index in [2.05, 4.69) is 6.07 Å². The lowest BCUT2D eigenvalue weighted by molar-refractivity contribution is -0.138. The van der Waals surface area contributed by atoms with Crippen LogP contribution < -0.4 is 0 Å². The summed E-state index contributed by atoms with van der Waals surface area (Å²) in [6.07, 6.45) is 1.84. The molecule has 108 valence electrons. The molecule has 0 radical (unpaired) electrons. The van der Waals surface area contributed by atoms with Crippen LogP contribution in [0.15, 0.2) is 54.1 Å². The summed E-state index contributed by atoms with van der Waals surface area (Å²) >= 11 is 0. The Hall–Kier alpha value is -2.86. The van der Waals surface area contributed by atoms with Gasteiger partial charge in [0.2, 0.25) is 0 Å². The standard InChI is InChI=1S/C19H15NO2/c1-2-22-19(21)16-11-14-9-6-10-15(12-20)17(14)18(16)13-7-4-3-5-8-13/h3-11,18H,2H2,1H3. The van der Waals surface area contributed by atoms with E-state index in [1.165, 1.54) is 0 Å². The number of nitriles is 1. The first-order valence-corrected chi connectivity index (χ1v) is 7.23. The highest BCUT2D eigenvalue weighted by Gasteiger charge is 2.33. The van der Waals surface area contributed by atoms with Crippen molar-refractivity contribution in [3.05, 3.63) is 76.4 Å². The molecule has 1 atom stereocenters. The van der Waals surface area contributed by atoms with Gasteiger partial charge in [0.15, 0.2) is 0 Å². The summed E-state index contributed by atoms with van der Waals surface area (Å²) in [5.74, 6) is -0.567. The van der Waals surface area contributed by atoms with Crippen LogP contribution in [0, 0.1) is 11.3 Å². The van der Waals surface area contributed by atoms with E-state index in [0.717, 1.165) is 16.7 Å². The monoisotopic (exact) mass is 289 g/mol. The van der Waals surface area contributed by atoms with Crippen LogP contribution >= 0.6 is 0 Å². The minimum Gasteiger partial charge on any atom is -0.463 e. The second-order valence-corrected chi connectivity index (χ2v) is 5.08. The normalized spacial score (nSPS) is 15.6. The van der Waals surface area contributed by atoms with Crippen molar-refractivity contribution < 1.29 is 9.53 Å². The van der Waals surface area contributed by atoms with E-state index in [0.29, 0.717) is 17.7 Å². The number of carbonyl (C=O) groups is 1. The SMILES string of the molecule is CCOC(=O)C1=Cc2cccc(C#N)c2C1c1ccccc1. The van der Waals surface area contributed by atoms with Crippen LogP contribution in [-0.2, 0) is 9.53 Å². The van der Waals surface area contributed by atoms with E-state index in [1.54, 1.807) is 13.0 Å². The molecule has 1 aliphatic rings. The summed E-state index contributed by atoms with van der Waals surface area (Å²) in [6.45, 7) is 2.12. The Kier molecular flexibility index (Phi) is 3.76. The van der Waals surface area contributed by atoms with Crippen LogP contribution in [0.25, 0.3) is 6.08 Å². The van der Waals surface area contributed by atoms with Crippen LogP contribution in [0.3, 0.4) is 0 Å². The molecule has 0 saturated carbocycles. The number of rotatable bonds is 3. The van der Waals surface area contributed by atoms with Crippen molar-refractivity contribution in [1.29, 1.82) is 5.26 Å². The van der Waals surface area contributed by atoms with Gasteiger partial charge in [0, 0.05) is 11.5 Å². The summed E-state index contributed by atoms with van der Waals surface area (Å²) in [5, 5.41) is 9.41. The first-order valence-electron chi connectivity index (χ1n) is 7.23. The highest BCUT2D eigenvalue weighted by molar-refractivity contribution is 5.99. The van der Waals surface area contributed by atoms with E-state index in [-0.39, 0.29) is 11.9 Å². The van der Waals surface area contributed by atoms with Gasteiger partial charge in [-0.1, -0.05) is 42.5 Å². The van der Waals surface area contributed by atoms with Crippen molar-refractivity contribution in [3.63, 3.8) is 0 Å². The smallest absolute Gasteiger partial charge is 0.334 e. The van der Waals surface area contributed by atoms with Crippen LogP contribution in [0.2, 0.25) is 0 Å². The van der Waals surface area contributed by atoms with E-state index >= 15 is 0 Å². The quantitative estimate of drug-likeness (QED) is 0.810. The summed E-state index contributed by atoms with van der Waals surface area (Å²) in [7, 11) is 0. The number of nitrogens with zero attached hydrogens (tertiary/aromatic N) is 1. The number of ether oxygens (including phenoxy) is 1. The Labute approximate surface area is 129 Å². The van der Waals surface area contributed by atoms with Gasteiger partial charge in [-0.15, -0.1) is 0 Å². The predicted molar refractivity (Wildman–Crippen MR) is 84.1 cm³/mol. The van der Waals surface area contributed by atoms with Gasteiger partial charge in [0.25, 0.3) is 0 Å². The summed E-state index contributed by atoms with van der Waals surface area (Å²) in [6, 6.07) is 17.5. The zero-order valence-corrected chi connectivity index (χ0v) is 12.2. The summed E-state index contributed by atoms with van der Waals surface area (Å²) in [5.41, 5.74) is 3.98. The fourth-order valence-electron chi connectivity index (χ4n) is 2.92. The molecule has 0 aliphatic heterocycles. The van der Waals surface area contributed by atoms with Crippen molar-refractivity contribution in [2.45, 2.75) is 12.8 Å². The molecule has 1 aliphatic carbocycles. The lowest BCUT2D eigenvalue weighted by Gasteiger charge is -2.17. The second-order valence-electron chi connectivity index (χ2n) is 5.08. The van der Waals surface area contributed by atoms with Gasteiger partial charge < -0.3 is 4.74 Å². The molecule has 3 heteroatoms. The van der Waals surface area contributed by atoms with E-state index in [4.69, 9.17) is 4.74 Å². The third-order valence-corrected chi connectivity index (χ3v) is 3.82. The maximum atomic E-state index is 12.3. The Morgan fingerprint density at radius 2 is 1.95 bits per heavy atom. The van der Waals surface area contributed by atoms with Crippen LogP contribution in [0.4, 0.5) is 0 Å². The third-order valence-electron chi connectivity index (χ3n) is 3.82. The van der Waals surface area contributed by atoms with Crippen LogP contribution in [0.5, 0.6) is 0 Å². The van der Waals surface area contributed by atoms with Gasteiger partial charge in [-0.2, -0.15) is 5.26 Å². The number of hydrogen-bond donors (Lipinski definition) is 0. The maximum absolute atomic E-state index is 12.3. The third kappa shape index (κ3) is 2.29. The van der Waals surface area contributed by atoms with Crippen molar-refractivity contribution in [2.24, 2.45) is 0 Å². The molecule has 3 nitrogen and oxygen atoms in total. The molecular weight excluding hydrogens is 274 g/mol. The number of hydrogen-bond acceptors (Lipinski definition) is 3. The molecule has 0 heterocycles. The molecule has 22 heavy (non-hydrogen) atoms. The lowest BCUT2D eigenvalue weighted by atomic mass is 9.86. The highest BCUT2D eigenvalue weighted by atomic mass is 16.5. The van der Waals surface area contributed by atoms with E-state index in [9.17, 15) is 10.1 Å². The fraction of sp³-hybridized carbons (Fsp3) is 0.158. The first kappa shape index (κ1) is 14.1. The number of carbonyl (C=O) groups excluding carboxylic acids is 1.